The Morgan fingerprint density at radius 1 is 1.02 bits per heavy atom. The van der Waals surface area contributed by atoms with Crippen molar-refractivity contribution in [1.29, 1.82) is 0 Å². The molecule has 1 aliphatic heterocycles. The fraction of sp³-hybridized carbons (Fsp3) is 0.355. The highest BCUT2D eigenvalue weighted by molar-refractivity contribution is 6.08. The van der Waals surface area contributed by atoms with Gasteiger partial charge in [0.15, 0.2) is 0 Å². The number of benzene rings is 3. The third-order valence-electron chi connectivity index (χ3n) is 7.49. The quantitative estimate of drug-likeness (QED) is 0.279. The van der Waals surface area contributed by atoms with E-state index in [2.05, 4.69) is 5.32 Å². The first-order valence-electron chi connectivity index (χ1n) is 13.8. The van der Waals surface area contributed by atoms with Crippen LogP contribution in [0, 0.1) is 0 Å². The van der Waals surface area contributed by atoms with Crippen LogP contribution in [0.2, 0.25) is 0 Å². The summed E-state index contributed by atoms with van der Waals surface area (Å²) in [6.07, 6.45) is -1.12. The van der Waals surface area contributed by atoms with Gasteiger partial charge in [0.25, 0.3) is 5.91 Å². The van der Waals surface area contributed by atoms with Crippen LogP contribution in [0.1, 0.15) is 48.5 Å². The highest BCUT2D eigenvalue weighted by atomic mass is 16.3. The number of likely N-dealkylation sites (tertiary alicyclic amines) is 1. The summed E-state index contributed by atoms with van der Waals surface area (Å²) in [5.74, 6) is -2.51. The minimum absolute atomic E-state index is 0.0467. The second-order valence-electron chi connectivity index (χ2n) is 10.5. The predicted octanol–water partition coefficient (Wildman–Crippen LogP) is 2.52. The van der Waals surface area contributed by atoms with E-state index in [0.717, 1.165) is 34.1 Å². The van der Waals surface area contributed by atoms with Gasteiger partial charge in [0.05, 0.1) is 18.6 Å². The van der Waals surface area contributed by atoms with E-state index in [-0.39, 0.29) is 18.0 Å². The molecule has 10 heteroatoms. The van der Waals surface area contributed by atoms with E-state index in [4.69, 9.17) is 11.5 Å². The average Bonchev–Trinajstić information content (AvgIpc) is 3.41. The molecule has 216 valence electrons. The van der Waals surface area contributed by atoms with Gasteiger partial charge in [0.1, 0.15) is 6.17 Å². The molecule has 1 fully saturated rings. The first-order chi connectivity index (χ1) is 19.7. The summed E-state index contributed by atoms with van der Waals surface area (Å²) in [7, 11) is 0. The Hall–Kier alpha value is -4.28. The molecule has 0 aromatic heterocycles. The van der Waals surface area contributed by atoms with E-state index in [1.807, 2.05) is 61.5 Å². The van der Waals surface area contributed by atoms with Gasteiger partial charge < -0.3 is 26.8 Å². The van der Waals surface area contributed by atoms with Crippen LogP contribution in [0.4, 0.5) is 4.79 Å². The van der Waals surface area contributed by atoms with Gasteiger partial charge in [-0.15, -0.1) is 0 Å². The third kappa shape index (κ3) is 7.27. The molecule has 0 saturated carbocycles. The van der Waals surface area contributed by atoms with Crippen molar-refractivity contribution in [2.24, 2.45) is 11.5 Å². The van der Waals surface area contributed by atoms with Crippen molar-refractivity contribution >= 4 is 34.5 Å². The van der Waals surface area contributed by atoms with Crippen LogP contribution in [0.3, 0.4) is 0 Å². The lowest BCUT2D eigenvalue weighted by molar-refractivity contribution is -0.136. The summed E-state index contributed by atoms with van der Waals surface area (Å²) in [6, 6.07) is 19.8. The van der Waals surface area contributed by atoms with E-state index >= 15 is 0 Å². The molecule has 2 unspecified atom stereocenters. The third-order valence-corrected chi connectivity index (χ3v) is 7.49. The van der Waals surface area contributed by atoms with Crippen molar-refractivity contribution in [3.63, 3.8) is 0 Å². The number of nitrogens with one attached hydrogen (secondary N) is 1. The summed E-state index contributed by atoms with van der Waals surface area (Å²) >= 11 is 0. The van der Waals surface area contributed by atoms with Gasteiger partial charge >= 0.3 is 6.03 Å². The second kappa shape index (κ2) is 13.4. The van der Waals surface area contributed by atoms with E-state index in [1.54, 1.807) is 23.1 Å². The minimum atomic E-state index is -1.46. The van der Waals surface area contributed by atoms with Crippen molar-refractivity contribution in [2.75, 3.05) is 6.54 Å². The predicted molar refractivity (Wildman–Crippen MR) is 155 cm³/mol. The van der Waals surface area contributed by atoms with E-state index in [0.29, 0.717) is 13.0 Å². The number of hydrogen-bond acceptors (Lipinski definition) is 6. The second-order valence-corrected chi connectivity index (χ2v) is 10.5. The van der Waals surface area contributed by atoms with Crippen LogP contribution >= 0.6 is 0 Å². The number of fused-ring (bicyclic) bond motifs is 1. The van der Waals surface area contributed by atoms with E-state index in [1.165, 1.54) is 0 Å². The molecular weight excluding hydrogens is 522 g/mol. The lowest BCUT2D eigenvalue weighted by Gasteiger charge is -2.36. The van der Waals surface area contributed by atoms with Gasteiger partial charge in [-0.3, -0.25) is 19.3 Å². The maximum absolute atomic E-state index is 14.1. The van der Waals surface area contributed by atoms with Gasteiger partial charge in [-0.1, -0.05) is 60.7 Å². The van der Waals surface area contributed by atoms with Crippen molar-refractivity contribution in [2.45, 2.75) is 63.4 Å². The number of nitrogens with zero attached hydrogens (tertiary/aromatic N) is 2. The standard InChI is InChI=1S/C31H37N5O5/c1-20-8-7-17-35(20)31(41)34-28(26(37)16-13-21-9-3-2-4-10-21)36(30(40)25(32)19-27(33)38)29(39)24-15-14-22-11-5-6-12-23(22)18-24/h2-6,9-12,14-15,18,20,25-26,28,37H,7-8,13,16-17,19,32H2,1H3,(H2,33,38)(H,34,41)/t20?,25-,26+,28?/m0/s1. The molecule has 1 aliphatic rings. The number of imide groups is 1. The zero-order valence-electron chi connectivity index (χ0n) is 23.1. The summed E-state index contributed by atoms with van der Waals surface area (Å²) in [5, 5.41) is 15.9. The lowest BCUT2D eigenvalue weighted by atomic mass is 10.0. The van der Waals surface area contributed by atoms with Crippen LogP contribution in [-0.2, 0) is 16.0 Å². The number of aryl methyl sites for hydroxylation is 1. The number of primary amides is 1. The Labute approximate surface area is 239 Å². The van der Waals surface area contributed by atoms with Crippen LogP contribution in [0.5, 0.6) is 0 Å². The van der Waals surface area contributed by atoms with Gasteiger partial charge in [0, 0.05) is 18.2 Å². The van der Waals surface area contributed by atoms with E-state index < -0.39 is 48.5 Å². The molecule has 4 rings (SSSR count). The van der Waals surface area contributed by atoms with E-state index in [9.17, 15) is 24.3 Å². The molecule has 3 aromatic rings. The first-order valence-corrected chi connectivity index (χ1v) is 13.8. The molecule has 3 aromatic carbocycles. The summed E-state index contributed by atoms with van der Waals surface area (Å²) in [6.45, 7) is 2.42. The molecule has 1 heterocycles. The average molecular weight is 560 g/mol. The Kier molecular flexibility index (Phi) is 9.69. The molecular formula is C31H37N5O5. The van der Waals surface area contributed by atoms with Crippen LogP contribution in [0.15, 0.2) is 72.8 Å². The largest absolute Gasteiger partial charge is 0.389 e. The number of hydrogen-bond donors (Lipinski definition) is 4. The smallest absolute Gasteiger partial charge is 0.319 e. The molecule has 41 heavy (non-hydrogen) atoms. The number of amides is 5. The van der Waals surface area contributed by atoms with Gasteiger partial charge in [-0.05, 0) is 61.1 Å². The van der Waals surface area contributed by atoms with Crippen LogP contribution in [-0.4, -0.2) is 69.6 Å². The van der Waals surface area contributed by atoms with Crippen LogP contribution < -0.4 is 16.8 Å². The Morgan fingerprint density at radius 3 is 2.37 bits per heavy atom. The summed E-state index contributed by atoms with van der Waals surface area (Å²) in [4.78, 5) is 55.2. The lowest BCUT2D eigenvalue weighted by Crippen LogP contribution is -2.63. The van der Waals surface area contributed by atoms with Crippen molar-refractivity contribution in [1.82, 2.24) is 15.1 Å². The molecule has 5 amide bonds. The normalized spacial score (nSPS) is 17.0. The fourth-order valence-electron chi connectivity index (χ4n) is 5.20. The summed E-state index contributed by atoms with van der Waals surface area (Å²) < 4.78 is 0. The highest BCUT2D eigenvalue weighted by Crippen LogP contribution is 2.22. The number of aliphatic hydroxyl groups is 1. The molecule has 6 N–H and O–H groups in total. The molecule has 4 atom stereocenters. The minimum Gasteiger partial charge on any atom is -0.389 e. The molecule has 0 spiro atoms. The highest BCUT2D eigenvalue weighted by Gasteiger charge is 2.40. The van der Waals surface area contributed by atoms with Gasteiger partial charge in [-0.2, -0.15) is 0 Å². The molecule has 10 nitrogen and oxygen atoms in total. The number of rotatable bonds is 10. The van der Waals surface area contributed by atoms with Crippen molar-refractivity contribution in [3.8, 4) is 0 Å². The number of carbonyl (C=O) groups is 4. The van der Waals surface area contributed by atoms with Gasteiger partial charge in [0.2, 0.25) is 11.8 Å². The zero-order valence-corrected chi connectivity index (χ0v) is 23.1. The van der Waals surface area contributed by atoms with Crippen LogP contribution in [0.25, 0.3) is 10.8 Å². The molecule has 0 aliphatic carbocycles. The Bertz CT molecular complexity index is 1400. The topological polar surface area (TPSA) is 159 Å². The van der Waals surface area contributed by atoms with Gasteiger partial charge in [-0.25, -0.2) is 4.79 Å². The Morgan fingerprint density at radius 2 is 1.71 bits per heavy atom. The summed E-state index contributed by atoms with van der Waals surface area (Å²) in [5.41, 5.74) is 12.5. The SMILES string of the molecule is CC1CCCN1C(=O)NC([C@H](O)CCc1ccccc1)N(C(=O)c1ccc2ccccc2c1)C(=O)[C@@H](N)CC(N)=O. The number of aliphatic hydroxyl groups excluding tert-OH is 1. The first kappa shape index (κ1) is 29.7. The van der Waals surface area contributed by atoms with Crippen molar-refractivity contribution in [3.05, 3.63) is 83.9 Å². The number of carbonyl (C=O) groups excluding carboxylic acids is 4. The fourth-order valence-corrected chi connectivity index (χ4v) is 5.20. The molecule has 0 bridgehead atoms. The number of nitrogens with two attached hydrogens (primary N) is 2. The maximum atomic E-state index is 14.1. The monoisotopic (exact) mass is 559 g/mol. The molecule has 0 radical (unpaired) electrons. The zero-order chi connectivity index (χ0) is 29.5. The number of urea groups is 1. The molecule has 1 saturated heterocycles. The Balaban J connectivity index is 1.72. The maximum Gasteiger partial charge on any atom is 0.319 e. The van der Waals surface area contributed by atoms with Crippen molar-refractivity contribution < 1.29 is 24.3 Å².